The molecule has 0 aliphatic carbocycles. The van der Waals surface area contributed by atoms with Gasteiger partial charge in [-0.3, -0.25) is 0 Å². The van der Waals surface area contributed by atoms with Gasteiger partial charge in [0.25, 0.3) is 0 Å². The minimum atomic E-state index is -0.198. The number of nitrogens with one attached hydrogen (secondary N) is 2. The standard InChI is InChI=1S/C15H24N2O2/c1-10-7-12(13(19-6)8-11(10)2)15(3,4)9-17-14(18)16-5/h7-8H,9H2,1-6H3,(H2,16,17,18). The smallest absolute Gasteiger partial charge is 0.314 e. The number of urea groups is 1. The van der Waals surface area contributed by atoms with E-state index in [1.807, 2.05) is 6.07 Å². The van der Waals surface area contributed by atoms with E-state index in [4.69, 9.17) is 4.74 Å². The van der Waals surface area contributed by atoms with Crippen LogP contribution in [-0.2, 0) is 5.41 Å². The van der Waals surface area contributed by atoms with Crippen LogP contribution < -0.4 is 15.4 Å². The zero-order valence-electron chi connectivity index (χ0n) is 12.7. The predicted molar refractivity (Wildman–Crippen MR) is 78.0 cm³/mol. The fraction of sp³-hybridized carbons (Fsp3) is 0.533. The Morgan fingerprint density at radius 1 is 1.26 bits per heavy atom. The van der Waals surface area contributed by atoms with E-state index in [-0.39, 0.29) is 11.4 Å². The molecule has 1 aromatic carbocycles. The molecule has 106 valence electrons. The van der Waals surface area contributed by atoms with Crippen LogP contribution >= 0.6 is 0 Å². The molecule has 0 saturated carbocycles. The molecule has 0 fully saturated rings. The summed E-state index contributed by atoms with van der Waals surface area (Å²) in [6, 6.07) is 4.02. The highest BCUT2D eigenvalue weighted by Gasteiger charge is 2.25. The number of methoxy groups -OCH3 is 1. The van der Waals surface area contributed by atoms with Crippen LogP contribution in [-0.4, -0.2) is 26.7 Å². The van der Waals surface area contributed by atoms with E-state index in [1.54, 1.807) is 14.2 Å². The van der Waals surface area contributed by atoms with Crippen LogP contribution in [0.2, 0.25) is 0 Å². The zero-order chi connectivity index (χ0) is 14.6. The second-order valence-electron chi connectivity index (χ2n) is 5.45. The van der Waals surface area contributed by atoms with Crippen LogP contribution in [0.25, 0.3) is 0 Å². The van der Waals surface area contributed by atoms with Gasteiger partial charge in [0, 0.05) is 24.6 Å². The molecule has 1 aromatic rings. The van der Waals surface area contributed by atoms with Crippen molar-refractivity contribution in [2.75, 3.05) is 20.7 Å². The number of aryl methyl sites for hydroxylation is 2. The molecule has 19 heavy (non-hydrogen) atoms. The van der Waals surface area contributed by atoms with E-state index in [0.717, 1.165) is 11.3 Å². The Labute approximate surface area is 115 Å². The van der Waals surface area contributed by atoms with Crippen LogP contribution in [0.3, 0.4) is 0 Å². The first kappa shape index (κ1) is 15.3. The molecule has 0 radical (unpaired) electrons. The average Bonchev–Trinajstić information content (AvgIpc) is 2.38. The van der Waals surface area contributed by atoms with Crippen molar-refractivity contribution in [3.05, 3.63) is 28.8 Å². The van der Waals surface area contributed by atoms with Gasteiger partial charge in [-0.05, 0) is 31.0 Å². The minimum Gasteiger partial charge on any atom is -0.496 e. The number of hydrogen-bond acceptors (Lipinski definition) is 2. The number of benzene rings is 1. The fourth-order valence-corrected chi connectivity index (χ4v) is 1.97. The van der Waals surface area contributed by atoms with Crippen LogP contribution in [0.5, 0.6) is 5.75 Å². The lowest BCUT2D eigenvalue weighted by Gasteiger charge is -2.28. The monoisotopic (exact) mass is 264 g/mol. The Morgan fingerprint density at radius 3 is 2.37 bits per heavy atom. The van der Waals surface area contributed by atoms with Crippen molar-refractivity contribution in [1.29, 1.82) is 0 Å². The molecule has 1 rings (SSSR count). The van der Waals surface area contributed by atoms with Gasteiger partial charge in [0.05, 0.1) is 7.11 Å². The largest absolute Gasteiger partial charge is 0.496 e. The first-order valence-corrected chi connectivity index (χ1v) is 6.43. The van der Waals surface area contributed by atoms with Gasteiger partial charge < -0.3 is 15.4 Å². The Hall–Kier alpha value is -1.71. The molecule has 0 heterocycles. The molecule has 2 amide bonds. The van der Waals surface area contributed by atoms with Crippen molar-refractivity contribution in [1.82, 2.24) is 10.6 Å². The number of ether oxygens (including phenoxy) is 1. The second-order valence-corrected chi connectivity index (χ2v) is 5.45. The molecule has 0 aliphatic heterocycles. The van der Waals surface area contributed by atoms with Gasteiger partial charge in [-0.25, -0.2) is 4.79 Å². The van der Waals surface area contributed by atoms with Crippen molar-refractivity contribution < 1.29 is 9.53 Å². The maximum atomic E-state index is 11.3. The lowest BCUT2D eigenvalue weighted by Crippen LogP contribution is -2.41. The van der Waals surface area contributed by atoms with Crippen LogP contribution in [0.4, 0.5) is 4.79 Å². The summed E-state index contributed by atoms with van der Waals surface area (Å²) in [6.07, 6.45) is 0. The van der Waals surface area contributed by atoms with Crippen molar-refractivity contribution in [3.63, 3.8) is 0 Å². The topological polar surface area (TPSA) is 50.4 Å². The molecule has 0 aromatic heterocycles. The van der Waals surface area contributed by atoms with Gasteiger partial charge in [-0.15, -0.1) is 0 Å². The number of carbonyl (C=O) groups excluding carboxylic acids is 1. The second kappa shape index (κ2) is 5.95. The van der Waals surface area contributed by atoms with Crippen molar-refractivity contribution in [2.45, 2.75) is 33.1 Å². The summed E-state index contributed by atoms with van der Waals surface area (Å²) in [5, 5.41) is 5.41. The van der Waals surface area contributed by atoms with E-state index in [9.17, 15) is 4.79 Å². The van der Waals surface area contributed by atoms with Gasteiger partial charge in [0.1, 0.15) is 5.75 Å². The lowest BCUT2D eigenvalue weighted by molar-refractivity contribution is 0.240. The number of rotatable bonds is 4. The third kappa shape index (κ3) is 3.63. The summed E-state index contributed by atoms with van der Waals surface area (Å²) >= 11 is 0. The molecule has 0 bridgehead atoms. The normalized spacial score (nSPS) is 11.1. The summed E-state index contributed by atoms with van der Waals surface area (Å²) < 4.78 is 5.47. The number of carbonyl (C=O) groups is 1. The molecule has 4 nitrogen and oxygen atoms in total. The fourth-order valence-electron chi connectivity index (χ4n) is 1.97. The van der Waals surface area contributed by atoms with E-state index in [1.165, 1.54) is 11.1 Å². The predicted octanol–water partition coefficient (Wildman–Crippen LogP) is 2.52. The van der Waals surface area contributed by atoms with E-state index < -0.39 is 0 Å². The van der Waals surface area contributed by atoms with Crippen LogP contribution in [0.15, 0.2) is 12.1 Å². The first-order valence-electron chi connectivity index (χ1n) is 6.43. The Bertz CT molecular complexity index is 467. The summed E-state index contributed by atoms with van der Waals surface area (Å²) in [7, 11) is 3.29. The van der Waals surface area contributed by atoms with Crippen molar-refractivity contribution >= 4 is 6.03 Å². The summed E-state index contributed by atoms with van der Waals surface area (Å²) in [5.74, 6) is 0.867. The maximum Gasteiger partial charge on any atom is 0.314 e. The summed E-state index contributed by atoms with van der Waals surface area (Å²) in [6.45, 7) is 8.88. The molecular weight excluding hydrogens is 240 g/mol. The van der Waals surface area contributed by atoms with Gasteiger partial charge in [0.2, 0.25) is 0 Å². The average molecular weight is 264 g/mol. The molecule has 0 saturated heterocycles. The third-order valence-corrected chi connectivity index (χ3v) is 3.46. The highest BCUT2D eigenvalue weighted by Crippen LogP contribution is 2.33. The van der Waals surface area contributed by atoms with E-state index in [0.29, 0.717) is 6.54 Å². The molecule has 2 N–H and O–H groups in total. The number of amides is 2. The highest BCUT2D eigenvalue weighted by atomic mass is 16.5. The van der Waals surface area contributed by atoms with Gasteiger partial charge in [-0.1, -0.05) is 19.9 Å². The van der Waals surface area contributed by atoms with Gasteiger partial charge in [0.15, 0.2) is 0 Å². The van der Waals surface area contributed by atoms with Crippen LogP contribution in [0.1, 0.15) is 30.5 Å². The molecule has 4 heteroatoms. The lowest BCUT2D eigenvalue weighted by atomic mass is 9.82. The molecule has 0 atom stereocenters. The summed E-state index contributed by atoms with van der Waals surface area (Å²) in [4.78, 5) is 11.3. The third-order valence-electron chi connectivity index (χ3n) is 3.46. The number of hydrogen-bond donors (Lipinski definition) is 2. The van der Waals surface area contributed by atoms with Crippen LogP contribution in [0, 0.1) is 13.8 Å². The molecule has 0 spiro atoms. The molecule has 0 aliphatic rings. The maximum absolute atomic E-state index is 11.3. The minimum absolute atomic E-state index is 0.170. The van der Waals surface area contributed by atoms with E-state index in [2.05, 4.69) is 44.4 Å². The van der Waals surface area contributed by atoms with E-state index >= 15 is 0 Å². The highest BCUT2D eigenvalue weighted by molar-refractivity contribution is 5.73. The van der Waals surface area contributed by atoms with Crippen molar-refractivity contribution in [3.8, 4) is 5.75 Å². The summed E-state index contributed by atoms with van der Waals surface area (Å²) in [5.41, 5.74) is 3.34. The molecule has 0 unspecified atom stereocenters. The van der Waals surface area contributed by atoms with Gasteiger partial charge >= 0.3 is 6.03 Å². The quantitative estimate of drug-likeness (QED) is 0.878. The van der Waals surface area contributed by atoms with Crippen molar-refractivity contribution in [2.24, 2.45) is 0 Å². The first-order chi connectivity index (χ1) is 8.81. The Balaban J connectivity index is 3.05. The Kier molecular flexibility index (Phi) is 4.81. The molecular formula is C15H24N2O2. The SMILES string of the molecule is CNC(=O)NCC(C)(C)c1cc(C)c(C)cc1OC. The van der Waals surface area contributed by atoms with Gasteiger partial charge in [-0.2, -0.15) is 0 Å². The Morgan fingerprint density at radius 2 is 1.84 bits per heavy atom. The zero-order valence-corrected chi connectivity index (χ0v) is 12.7.